The first-order valence-corrected chi connectivity index (χ1v) is 16.4. The van der Waals surface area contributed by atoms with E-state index in [2.05, 4.69) is 10.6 Å². The Kier molecular flexibility index (Phi) is 13.5. The second-order valence-electron chi connectivity index (χ2n) is 11.3. The number of nitro benzene ring substituents is 1. The van der Waals surface area contributed by atoms with Crippen molar-refractivity contribution in [1.29, 1.82) is 0 Å². The van der Waals surface area contributed by atoms with E-state index in [1.54, 1.807) is 12.1 Å². The van der Waals surface area contributed by atoms with E-state index in [1.807, 2.05) is 6.26 Å². The number of likely N-dealkylation sites (tertiary alicyclic amines) is 1. The maximum absolute atomic E-state index is 13.6. The highest BCUT2D eigenvalue weighted by atomic mass is 32.2. The van der Waals surface area contributed by atoms with Gasteiger partial charge in [-0.3, -0.25) is 34.1 Å². The number of aromatic hydroxyl groups is 1. The Labute approximate surface area is 276 Å². The molecule has 7 N–H and O–H groups in total. The summed E-state index contributed by atoms with van der Waals surface area (Å²) in [5.74, 6) is -2.36. The number of rotatable bonds is 16. The number of phenols is 1. The van der Waals surface area contributed by atoms with Crippen LogP contribution in [0, 0.1) is 10.1 Å². The van der Waals surface area contributed by atoms with Crippen molar-refractivity contribution < 1.29 is 34.0 Å². The molecule has 1 saturated heterocycles. The van der Waals surface area contributed by atoms with E-state index in [9.17, 15) is 39.2 Å². The van der Waals surface area contributed by atoms with E-state index in [-0.39, 0.29) is 37.2 Å². The number of phenolic OH excluding ortho intramolecular Hbond substituents is 1. The van der Waals surface area contributed by atoms with Crippen molar-refractivity contribution >= 4 is 47.0 Å². The SMILES string of the molecule is CSCC[C@@H](C(=O)NCC(=O)N[C@@H](Cc1ccc([N+](=O)[O-])cc1)C(=O)N1CCC[C@H]1C(N)=O)N(C)C(=O)[C@@H](N)Cc1ccc(O)cc1. The van der Waals surface area contributed by atoms with Crippen LogP contribution in [0.1, 0.15) is 30.4 Å². The summed E-state index contributed by atoms with van der Waals surface area (Å²) in [4.78, 5) is 78.2. The Morgan fingerprint density at radius 3 is 2.30 bits per heavy atom. The van der Waals surface area contributed by atoms with Crippen LogP contribution >= 0.6 is 11.8 Å². The van der Waals surface area contributed by atoms with Gasteiger partial charge in [0.2, 0.25) is 29.5 Å². The van der Waals surface area contributed by atoms with Crippen LogP contribution in [0.5, 0.6) is 5.75 Å². The Balaban J connectivity index is 1.69. The van der Waals surface area contributed by atoms with Crippen LogP contribution in [0.2, 0.25) is 0 Å². The normalized spacial score (nSPS) is 16.1. The average Bonchev–Trinajstić information content (AvgIpc) is 3.55. The summed E-state index contributed by atoms with van der Waals surface area (Å²) < 4.78 is 0. The van der Waals surface area contributed by atoms with Gasteiger partial charge in [0, 0.05) is 32.1 Å². The minimum atomic E-state index is -1.16. The summed E-state index contributed by atoms with van der Waals surface area (Å²) >= 11 is 1.48. The number of likely N-dealkylation sites (N-methyl/N-ethyl adjacent to an activating group) is 1. The molecule has 1 heterocycles. The van der Waals surface area contributed by atoms with Gasteiger partial charge in [-0.2, -0.15) is 11.8 Å². The summed E-state index contributed by atoms with van der Waals surface area (Å²) in [6.07, 6.45) is 3.22. The molecule has 1 fully saturated rings. The molecule has 0 aliphatic carbocycles. The second-order valence-corrected chi connectivity index (χ2v) is 12.3. The van der Waals surface area contributed by atoms with Crippen molar-refractivity contribution in [2.24, 2.45) is 11.5 Å². The van der Waals surface area contributed by atoms with Crippen LogP contribution in [0.25, 0.3) is 0 Å². The number of carbonyl (C=O) groups is 5. The van der Waals surface area contributed by atoms with E-state index in [4.69, 9.17) is 11.5 Å². The molecule has 0 aromatic heterocycles. The monoisotopic (exact) mass is 671 g/mol. The summed E-state index contributed by atoms with van der Waals surface area (Å²) in [7, 11) is 1.47. The van der Waals surface area contributed by atoms with Crippen molar-refractivity contribution in [3.8, 4) is 5.75 Å². The van der Waals surface area contributed by atoms with Gasteiger partial charge in [-0.25, -0.2) is 0 Å². The highest BCUT2D eigenvalue weighted by Crippen LogP contribution is 2.20. The highest BCUT2D eigenvalue weighted by molar-refractivity contribution is 7.98. The molecule has 2 aromatic carbocycles. The summed E-state index contributed by atoms with van der Waals surface area (Å²) in [6.45, 7) is -0.248. The van der Waals surface area contributed by atoms with E-state index in [0.717, 1.165) is 5.56 Å². The smallest absolute Gasteiger partial charge is 0.269 e. The van der Waals surface area contributed by atoms with E-state index >= 15 is 0 Å². The summed E-state index contributed by atoms with van der Waals surface area (Å²) in [5, 5.41) is 25.7. The number of benzene rings is 2. The molecular weight excluding hydrogens is 630 g/mol. The number of hydrogen-bond acceptors (Lipinski definition) is 10. The predicted molar refractivity (Wildman–Crippen MR) is 175 cm³/mol. The fourth-order valence-electron chi connectivity index (χ4n) is 5.37. The molecule has 0 bridgehead atoms. The highest BCUT2D eigenvalue weighted by Gasteiger charge is 2.37. The third-order valence-electron chi connectivity index (χ3n) is 7.93. The molecule has 254 valence electrons. The van der Waals surface area contributed by atoms with Gasteiger partial charge in [-0.05, 0) is 61.0 Å². The third-order valence-corrected chi connectivity index (χ3v) is 8.57. The number of non-ortho nitro benzene ring substituents is 1. The largest absolute Gasteiger partial charge is 0.508 e. The second kappa shape index (κ2) is 17.3. The number of nitrogens with zero attached hydrogens (tertiary/aromatic N) is 3. The first-order valence-electron chi connectivity index (χ1n) is 15.0. The van der Waals surface area contributed by atoms with Crippen molar-refractivity contribution in [2.45, 2.75) is 56.3 Å². The lowest BCUT2D eigenvalue weighted by Gasteiger charge is -2.30. The quantitative estimate of drug-likeness (QED) is 0.119. The van der Waals surface area contributed by atoms with Gasteiger partial charge in [0.15, 0.2) is 0 Å². The maximum atomic E-state index is 13.6. The molecule has 15 nitrogen and oxygen atoms in total. The Morgan fingerprint density at radius 2 is 1.70 bits per heavy atom. The molecule has 2 aromatic rings. The molecule has 0 unspecified atom stereocenters. The van der Waals surface area contributed by atoms with Crippen molar-refractivity contribution in [3.05, 3.63) is 69.8 Å². The van der Waals surface area contributed by atoms with Gasteiger partial charge in [0.1, 0.15) is 23.9 Å². The van der Waals surface area contributed by atoms with Gasteiger partial charge < -0.3 is 37.0 Å². The third kappa shape index (κ3) is 10.4. The topological polar surface area (TPSA) is 231 Å². The Hall–Kier alpha value is -4.70. The molecule has 4 atom stereocenters. The van der Waals surface area contributed by atoms with E-state index < -0.39 is 65.2 Å². The fourth-order valence-corrected chi connectivity index (χ4v) is 5.82. The fraction of sp³-hybridized carbons (Fsp3) is 0.452. The molecule has 47 heavy (non-hydrogen) atoms. The minimum absolute atomic E-state index is 0.0367. The zero-order chi connectivity index (χ0) is 34.7. The number of amides is 5. The van der Waals surface area contributed by atoms with Gasteiger partial charge in [-0.1, -0.05) is 24.3 Å². The number of thioether (sulfide) groups is 1. The predicted octanol–water partition coefficient (Wildman–Crippen LogP) is 0.0703. The van der Waals surface area contributed by atoms with Crippen LogP contribution in [0.3, 0.4) is 0 Å². The molecule has 0 spiro atoms. The molecule has 1 aliphatic heterocycles. The lowest BCUT2D eigenvalue weighted by molar-refractivity contribution is -0.384. The summed E-state index contributed by atoms with van der Waals surface area (Å²) in [5.41, 5.74) is 12.8. The Bertz CT molecular complexity index is 1440. The van der Waals surface area contributed by atoms with Crippen molar-refractivity contribution in [2.75, 3.05) is 32.1 Å². The number of nitrogens with one attached hydrogen (secondary N) is 2. The lowest BCUT2D eigenvalue weighted by atomic mass is 10.0. The van der Waals surface area contributed by atoms with Gasteiger partial charge >= 0.3 is 0 Å². The number of carbonyl (C=O) groups excluding carboxylic acids is 5. The van der Waals surface area contributed by atoms with E-state index in [1.165, 1.54) is 65.0 Å². The van der Waals surface area contributed by atoms with Crippen LogP contribution in [0.4, 0.5) is 5.69 Å². The van der Waals surface area contributed by atoms with Gasteiger partial charge in [0.25, 0.3) is 5.69 Å². The molecule has 1 aliphatic rings. The molecule has 3 rings (SSSR count). The number of hydrogen-bond donors (Lipinski definition) is 5. The molecule has 0 radical (unpaired) electrons. The van der Waals surface area contributed by atoms with Crippen molar-refractivity contribution in [1.82, 2.24) is 20.4 Å². The maximum Gasteiger partial charge on any atom is 0.269 e. The zero-order valence-electron chi connectivity index (χ0n) is 26.3. The van der Waals surface area contributed by atoms with Crippen LogP contribution < -0.4 is 22.1 Å². The van der Waals surface area contributed by atoms with Crippen LogP contribution in [-0.2, 0) is 36.8 Å². The summed E-state index contributed by atoms with van der Waals surface area (Å²) in [6, 6.07) is 7.89. The minimum Gasteiger partial charge on any atom is -0.508 e. The Morgan fingerprint density at radius 1 is 1.09 bits per heavy atom. The van der Waals surface area contributed by atoms with Crippen LogP contribution in [-0.4, -0.2) is 106 Å². The number of nitrogens with two attached hydrogens (primary N) is 2. The van der Waals surface area contributed by atoms with E-state index in [0.29, 0.717) is 24.2 Å². The van der Waals surface area contributed by atoms with Gasteiger partial charge in [0.05, 0.1) is 17.5 Å². The molecule has 16 heteroatoms. The molecule has 5 amide bonds. The standard InChI is InChI=1S/C31H41N7O8S/c1-36(30(43)23(32)16-19-7-11-22(39)12-8-19)26(13-15-47-2)29(42)34-18-27(40)35-24(17-20-5-9-21(10-6-20)38(45)46)31(44)37-14-3-4-25(37)28(33)41/h5-12,23-26,39H,3-4,13-18,32H2,1-2H3,(H2,33,41)(H,34,42)(H,35,40)/t23-,24-,25-,26-/m0/s1. The first-order chi connectivity index (χ1) is 22.3. The van der Waals surface area contributed by atoms with Gasteiger partial charge in [-0.15, -0.1) is 0 Å². The van der Waals surface area contributed by atoms with Crippen LogP contribution in [0.15, 0.2) is 48.5 Å². The first kappa shape index (κ1) is 36.8. The average molecular weight is 672 g/mol. The zero-order valence-corrected chi connectivity index (χ0v) is 27.1. The lowest BCUT2D eigenvalue weighted by Crippen LogP contribution is -2.56. The molecular formula is C31H41N7O8S. The van der Waals surface area contributed by atoms with Crippen molar-refractivity contribution in [3.63, 3.8) is 0 Å². The number of nitro groups is 1. The molecule has 0 saturated carbocycles. The number of primary amides is 1.